The molecule has 0 saturated heterocycles. The number of hydrogen-bond acceptors (Lipinski definition) is 4. The Bertz CT molecular complexity index is 576. The van der Waals surface area contributed by atoms with E-state index in [0.29, 0.717) is 21.3 Å². The molecule has 0 amide bonds. The van der Waals surface area contributed by atoms with Crippen molar-refractivity contribution < 1.29 is 16.8 Å². The van der Waals surface area contributed by atoms with E-state index in [9.17, 15) is 16.8 Å². The SMILES string of the molecule is C.CC1=CCCCCS1(=O)=O.CC1=CCCCS1(=O)=O.II. The Kier molecular flexibility index (Phi) is 14.0. The van der Waals surface area contributed by atoms with Gasteiger partial charge in [0, 0.05) is 47.0 Å². The molecule has 8 heteroatoms. The van der Waals surface area contributed by atoms with Crippen LogP contribution in [-0.4, -0.2) is 28.3 Å². The summed E-state index contributed by atoms with van der Waals surface area (Å²) < 4.78 is 44.1. The van der Waals surface area contributed by atoms with Crippen LogP contribution in [0.1, 0.15) is 53.4 Å². The lowest BCUT2D eigenvalue weighted by atomic mass is 10.2. The first-order valence-corrected chi connectivity index (χ1v) is 16.3. The number of hydrogen-bond donors (Lipinski definition) is 0. The summed E-state index contributed by atoms with van der Waals surface area (Å²) in [6.45, 7) is 3.34. The van der Waals surface area contributed by atoms with E-state index < -0.39 is 19.7 Å². The molecule has 0 aromatic rings. The number of allylic oxidation sites excluding steroid dienone is 4. The third-order valence-corrected chi connectivity index (χ3v) is 7.28. The monoisotopic (exact) mass is 576 g/mol. The molecule has 0 atom stereocenters. The summed E-state index contributed by atoms with van der Waals surface area (Å²) in [5.74, 6) is 0.685. The van der Waals surface area contributed by atoms with Crippen LogP contribution in [0.15, 0.2) is 22.0 Å². The molecule has 2 aliphatic rings. The lowest BCUT2D eigenvalue weighted by Gasteiger charge is -2.08. The molecule has 0 spiro atoms. The van der Waals surface area contributed by atoms with Gasteiger partial charge in [-0.2, -0.15) is 0 Å². The first-order valence-electron chi connectivity index (χ1n) is 6.69. The molecule has 2 aliphatic heterocycles. The first-order chi connectivity index (χ1) is 9.76. The fourth-order valence-corrected chi connectivity index (χ4v) is 4.41. The molecule has 0 saturated carbocycles. The van der Waals surface area contributed by atoms with E-state index >= 15 is 0 Å². The number of sulfone groups is 2. The molecule has 0 unspecified atom stereocenters. The molecular formula is C14H26I2O4S2. The molecule has 22 heavy (non-hydrogen) atoms. The highest BCUT2D eigenvalue weighted by atomic mass is 128. The minimum Gasteiger partial charge on any atom is -0.224 e. The summed E-state index contributed by atoms with van der Waals surface area (Å²) in [5, 5.41) is 0. The third-order valence-electron chi connectivity index (χ3n) is 3.33. The van der Waals surface area contributed by atoms with E-state index in [1.807, 2.05) is 6.08 Å². The summed E-state index contributed by atoms with van der Waals surface area (Å²) in [4.78, 5) is 1.11. The van der Waals surface area contributed by atoms with E-state index in [-0.39, 0.29) is 7.43 Å². The highest BCUT2D eigenvalue weighted by Gasteiger charge is 2.16. The average molecular weight is 576 g/mol. The molecule has 0 N–H and O–H groups in total. The van der Waals surface area contributed by atoms with E-state index in [1.165, 1.54) is 0 Å². The van der Waals surface area contributed by atoms with Crippen LogP contribution < -0.4 is 0 Å². The van der Waals surface area contributed by atoms with E-state index in [2.05, 4.69) is 37.2 Å². The molecule has 0 aromatic heterocycles. The molecule has 132 valence electrons. The fourth-order valence-electron chi connectivity index (χ4n) is 1.90. The zero-order chi connectivity index (χ0) is 16.5. The third kappa shape index (κ3) is 9.21. The molecule has 0 aromatic carbocycles. The number of rotatable bonds is 0. The largest absolute Gasteiger partial charge is 0.224 e. The van der Waals surface area contributed by atoms with Crippen molar-refractivity contribution in [3.05, 3.63) is 22.0 Å². The van der Waals surface area contributed by atoms with Crippen molar-refractivity contribution in [3.8, 4) is 0 Å². The van der Waals surface area contributed by atoms with Crippen LogP contribution in [0, 0.1) is 0 Å². The Morgan fingerprint density at radius 3 is 1.55 bits per heavy atom. The molecular weight excluding hydrogens is 550 g/mol. The van der Waals surface area contributed by atoms with Gasteiger partial charge in [-0.05, 0) is 46.0 Å². The predicted molar refractivity (Wildman–Crippen MR) is 113 cm³/mol. The summed E-state index contributed by atoms with van der Waals surface area (Å²) in [6, 6.07) is 0. The van der Waals surface area contributed by atoms with Gasteiger partial charge in [-0.25, -0.2) is 16.8 Å². The minimum atomic E-state index is -2.84. The first kappa shape index (κ1) is 25.1. The average Bonchev–Trinajstić information content (AvgIpc) is 2.58. The van der Waals surface area contributed by atoms with Crippen molar-refractivity contribution in [3.63, 3.8) is 0 Å². The zero-order valence-corrected chi connectivity index (χ0v) is 18.3. The highest BCUT2D eigenvalue weighted by molar-refractivity contribution is 15.0. The molecule has 0 bridgehead atoms. The second-order valence-electron chi connectivity index (χ2n) is 4.91. The molecule has 2 rings (SSSR count). The van der Waals surface area contributed by atoms with Crippen molar-refractivity contribution in [1.29, 1.82) is 0 Å². The van der Waals surface area contributed by atoms with Crippen LogP contribution in [0.25, 0.3) is 0 Å². The van der Waals surface area contributed by atoms with E-state index in [4.69, 9.17) is 0 Å². The normalized spacial score (nSPS) is 22.0. The van der Waals surface area contributed by atoms with Crippen molar-refractivity contribution in [2.24, 2.45) is 0 Å². The zero-order valence-electron chi connectivity index (χ0n) is 12.3. The molecule has 0 aliphatic carbocycles. The van der Waals surface area contributed by atoms with Crippen LogP contribution in [0.3, 0.4) is 0 Å². The van der Waals surface area contributed by atoms with Crippen LogP contribution in [0.5, 0.6) is 0 Å². The highest BCUT2D eigenvalue weighted by Crippen LogP contribution is 2.16. The van der Waals surface area contributed by atoms with Crippen molar-refractivity contribution >= 4 is 56.9 Å². The summed E-state index contributed by atoms with van der Waals surface area (Å²) in [6.07, 6.45) is 8.07. The maximum atomic E-state index is 11.1. The Morgan fingerprint density at radius 2 is 1.14 bits per heavy atom. The van der Waals surface area contributed by atoms with Gasteiger partial charge in [0.25, 0.3) is 0 Å². The van der Waals surface area contributed by atoms with Gasteiger partial charge in [-0.15, -0.1) is 0 Å². The second kappa shape index (κ2) is 12.2. The summed E-state index contributed by atoms with van der Waals surface area (Å²) in [7, 11) is -5.64. The second-order valence-corrected chi connectivity index (χ2v) is 9.47. The van der Waals surface area contributed by atoms with Gasteiger partial charge in [0.15, 0.2) is 19.7 Å². The van der Waals surface area contributed by atoms with Gasteiger partial charge in [-0.3, -0.25) is 0 Å². The molecule has 0 fully saturated rings. The Labute approximate surface area is 159 Å². The van der Waals surface area contributed by atoms with Crippen LogP contribution in [0.2, 0.25) is 0 Å². The van der Waals surface area contributed by atoms with E-state index in [0.717, 1.165) is 32.1 Å². The van der Waals surface area contributed by atoms with Crippen LogP contribution in [-0.2, 0) is 19.7 Å². The van der Waals surface area contributed by atoms with Crippen molar-refractivity contribution in [2.45, 2.75) is 53.4 Å². The number of halogens is 2. The fraction of sp³-hybridized carbons (Fsp3) is 0.714. The Balaban J connectivity index is 0. The molecule has 2 heterocycles. The maximum absolute atomic E-state index is 11.1. The minimum absolute atomic E-state index is 0. The predicted octanol–water partition coefficient (Wildman–Crippen LogP) is 5.00. The Hall–Kier alpha value is 0.840. The van der Waals surface area contributed by atoms with Gasteiger partial charge in [0.2, 0.25) is 0 Å². The smallest absolute Gasteiger partial charge is 0.173 e. The van der Waals surface area contributed by atoms with Crippen LogP contribution >= 0.6 is 37.2 Å². The van der Waals surface area contributed by atoms with Gasteiger partial charge in [-0.1, -0.05) is 19.6 Å². The lowest BCUT2D eigenvalue weighted by Crippen LogP contribution is -2.10. The quantitative estimate of drug-likeness (QED) is 0.381. The Morgan fingerprint density at radius 1 is 0.773 bits per heavy atom. The summed E-state index contributed by atoms with van der Waals surface area (Å²) in [5.41, 5.74) is 0. The molecule has 0 radical (unpaired) electrons. The lowest BCUT2D eigenvalue weighted by molar-refractivity contribution is 0.596. The summed E-state index contributed by atoms with van der Waals surface area (Å²) >= 11 is 4.24. The maximum Gasteiger partial charge on any atom is 0.173 e. The van der Waals surface area contributed by atoms with Gasteiger partial charge < -0.3 is 0 Å². The topological polar surface area (TPSA) is 68.3 Å². The standard InChI is InChI=1S/C7H12O2S.C6H10O2S.CH4.I2/c1-7-5-3-2-4-6-10(7,8)9;1-6-4-2-3-5-9(6,7)8;;1-2/h5H,2-4,6H2,1H3;4H,2-3,5H2,1H3;1H4;. The van der Waals surface area contributed by atoms with E-state index in [1.54, 1.807) is 19.9 Å². The van der Waals surface area contributed by atoms with Crippen molar-refractivity contribution in [1.82, 2.24) is 0 Å². The van der Waals surface area contributed by atoms with Crippen molar-refractivity contribution in [2.75, 3.05) is 11.5 Å². The van der Waals surface area contributed by atoms with Crippen LogP contribution in [0.4, 0.5) is 0 Å². The van der Waals surface area contributed by atoms with Gasteiger partial charge in [0.1, 0.15) is 0 Å². The van der Waals surface area contributed by atoms with Gasteiger partial charge >= 0.3 is 0 Å². The van der Waals surface area contributed by atoms with Gasteiger partial charge in [0.05, 0.1) is 11.5 Å². The molecule has 4 nitrogen and oxygen atoms in total.